The van der Waals surface area contributed by atoms with Crippen LogP contribution in [-0.4, -0.2) is 23.7 Å². The van der Waals surface area contributed by atoms with Crippen molar-refractivity contribution in [1.82, 2.24) is 5.32 Å². The lowest BCUT2D eigenvalue weighted by Gasteiger charge is -2.09. The van der Waals surface area contributed by atoms with Crippen LogP contribution in [0.4, 0.5) is 10.5 Å². The summed E-state index contributed by atoms with van der Waals surface area (Å²) in [6, 6.07) is 3.97. The molecule has 0 aromatic heterocycles. The fraction of sp³-hybridized carbons (Fsp3) is 0.333. The van der Waals surface area contributed by atoms with Crippen LogP contribution in [0.15, 0.2) is 29.8 Å². The summed E-state index contributed by atoms with van der Waals surface area (Å²) in [5.41, 5.74) is 1.86. The number of benzene rings is 1. The standard InChI is InChI=1S/C15H17ClN2O3/c16-13-9-11(5-6-12(13)14(19)20)18-15(21)17-8-7-10-3-1-2-4-10/h3,5-6,9H,1-2,4,7-8H2,(H,19,20)(H2,17,18,21). The number of amides is 2. The molecule has 2 rings (SSSR count). The first-order chi connectivity index (χ1) is 10.1. The van der Waals surface area contributed by atoms with Gasteiger partial charge in [0.1, 0.15) is 0 Å². The van der Waals surface area contributed by atoms with E-state index in [2.05, 4.69) is 16.7 Å². The van der Waals surface area contributed by atoms with Gasteiger partial charge in [-0.1, -0.05) is 23.3 Å². The first kappa shape index (κ1) is 15.4. The van der Waals surface area contributed by atoms with Crippen molar-refractivity contribution in [3.8, 4) is 0 Å². The highest BCUT2D eigenvalue weighted by Gasteiger charge is 2.10. The largest absolute Gasteiger partial charge is 0.478 e. The molecule has 1 aliphatic carbocycles. The predicted octanol–water partition coefficient (Wildman–Crippen LogP) is 3.66. The molecule has 3 N–H and O–H groups in total. The van der Waals surface area contributed by atoms with Crippen molar-refractivity contribution in [2.75, 3.05) is 11.9 Å². The van der Waals surface area contributed by atoms with Crippen LogP contribution in [0.3, 0.4) is 0 Å². The van der Waals surface area contributed by atoms with Gasteiger partial charge in [-0.05, 0) is 43.9 Å². The topological polar surface area (TPSA) is 78.4 Å². The maximum absolute atomic E-state index is 11.7. The summed E-state index contributed by atoms with van der Waals surface area (Å²) in [5.74, 6) is -1.10. The van der Waals surface area contributed by atoms with Crippen molar-refractivity contribution in [2.24, 2.45) is 0 Å². The summed E-state index contributed by atoms with van der Waals surface area (Å²) in [6.45, 7) is 0.582. The van der Waals surface area contributed by atoms with Crippen LogP contribution in [0, 0.1) is 0 Å². The number of urea groups is 1. The van der Waals surface area contributed by atoms with Crippen molar-refractivity contribution in [1.29, 1.82) is 0 Å². The zero-order valence-corrected chi connectivity index (χ0v) is 12.2. The fourth-order valence-corrected chi connectivity index (χ4v) is 2.50. The molecule has 0 radical (unpaired) electrons. The smallest absolute Gasteiger partial charge is 0.337 e. The van der Waals surface area contributed by atoms with Gasteiger partial charge in [0.25, 0.3) is 0 Å². The SMILES string of the molecule is O=C(NCCC1=CCCC1)Nc1ccc(C(=O)O)c(Cl)c1. The van der Waals surface area contributed by atoms with Gasteiger partial charge in [-0.2, -0.15) is 0 Å². The van der Waals surface area contributed by atoms with Crippen LogP contribution >= 0.6 is 11.6 Å². The molecule has 2 amide bonds. The number of carbonyl (C=O) groups is 2. The van der Waals surface area contributed by atoms with E-state index in [1.165, 1.54) is 30.2 Å². The maximum atomic E-state index is 11.7. The second-order valence-corrected chi connectivity index (χ2v) is 5.29. The monoisotopic (exact) mass is 308 g/mol. The van der Waals surface area contributed by atoms with Crippen LogP contribution in [-0.2, 0) is 0 Å². The number of anilines is 1. The first-order valence-corrected chi connectivity index (χ1v) is 7.19. The van der Waals surface area contributed by atoms with Gasteiger partial charge in [-0.3, -0.25) is 0 Å². The Morgan fingerprint density at radius 2 is 2.14 bits per heavy atom. The Hall–Kier alpha value is -2.01. The van der Waals surface area contributed by atoms with Gasteiger partial charge in [0.2, 0.25) is 0 Å². The first-order valence-electron chi connectivity index (χ1n) is 6.82. The Kier molecular flexibility index (Phi) is 5.22. The molecule has 0 saturated carbocycles. The van der Waals surface area contributed by atoms with Crippen LogP contribution < -0.4 is 10.6 Å². The van der Waals surface area contributed by atoms with Gasteiger partial charge < -0.3 is 15.7 Å². The second-order valence-electron chi connectivity index (χ2n) is 4.89. The number of carbonyl (C=O) groups excluding carboxylic acids is 1. The lowest BCUT2D eigenvalue weighted by atomic mass is 10.2. The van der Waals surface area contributed by atoms with E-state index in [4.69, 9.17) is 16.7 Å². The number of allylic oxidation sites excluding steroid dienone is 1. The van der Waals surface area contributed by atoms with Crippen molar-refractivity contribution >= 4 is 29.3 Å². The average Bonchev–Trinajstić information content (AvgIpc) is 2.91. The van der Waals surface area contributed by atoms with Crippen molar-refractivity contribution in [2.45, 2.75) is 25.7 Å². The molecule has 0 saturated heterocycles. The molecule has 1 aromatic rings. The Bertz CT molecular complexity index is 584. The van der Waals surface area contributed by atoms with Gasteiger partial charge in [-0.25, -0.2) is 9.59 Å². The van der Waals surface area contributed by atoms with E-state index in [1.54, 1.807) is 0 Å². The average molecular weight is 309 g/mol. The number of carboxylic acid groups (broad SMARTS) is 1. The number of halogens is 1. The molecule has 0 aliphatic heterocycles. The molecule has 1 aromatic carbocycles. The molecule has 1 aliphatic rings. The van der Waals surface area contributed by atoms with Gasteiger partial charge in [-0.15, -0.1) is 0 Å². The summed E-state index contributed by atoms with van der Waals surface area (Å²) < 4.78 is 0. The number of rotatable bonds is 5. The lowest BCUT2D eigenvalue weighted by molar-refractivity contribution is 0.0697. The van der Waals surface area contributed by atoms with E-state index in [0.29, 0.717) is 12.2 Å². The number of aromatic carboxylic acids is 1. The number of hydrogen-bond donors (Lipinski definition) is 3. The third-order valence-corrected chi connectivity index (χ3v) is 3.64. The Labute approximate surface area is 128 Å². The highest BCUT2D eigenvalue weighted by atomic mass is 35.5. The van der Waals surface area contributed by atoms with Gasteiger partial charge in [0, 0.05) is 12.2 Å². The summed E-state index contributed by atoms with van der Waals surface area (Å²) in [7, 11) is 0. The number of carboxylic acids is 1. The van der Waals surface area contributed by atoms with Crippen LogP contribution in [0.25, 0.3) is 0 Å². The molecule has 112 valence electrons. The molecule has 0 unspecified atom stereocenters. The zero-order chi connectivity index (χ0) is 15.2. The fourth-order valence-electron chi connectivity index (χ4n) is 2.24. The van der Waals surface area contributed by atoms with Crippen molar-refractivity contribution in [3.05, 3.63) is 40.4 Å². The summed E-state index contributed by atoms with van der Waals surface area (Å²) in [4.78, 5) is 22.5. The third-order valence-electron chi connectivity index (χ3n) is 3.32. The van der Waals surface area contributed by atoms with E-state index in [0.717, 1.165) is 19.3 Å². The van der Waals surface area contributed by atoms with Gasteiger partial charge in [0.05, 0.1) is 10.6 Å². The van der Waals surface area contributed by atoms with E-state index in [1.807, 2.05) is 0 Å². The predicted molar refractivity (Wildman–Crippen MR) is 82.0 cm³/mol. The van der Waals surface area contributed by atoms with Gasteiger partial charge in [0.15, 0.2) is 0 Å². The van der Waals surface area contributed by atoms with Crippen LogP contribution in [0.2, 0.25) is 5.02 Å². The molecule has 0 heterocycles. The zero-order valence-electron chi connectivity index (χ0n) is 11.5. The normalized spacial score (nSPS) is 13.7. The Morgan fingerprint density at radius 3 is 2.76 bits per heavy atom. The number of nitrogens with one attached hydrogen (secondary N) is 2. The summed E-state index contributed by atoms with van der Waals surface area (Å²) in [6.07, 6.45) is 6.55. The minimum Gasteiger partial charge on any atom is -0.478 e. The van der Waals surface area contributed by atoms with Crippen LogP contribution in [0.5, 0.6) is 0 Å². The summed E-state index contributed by atoms with van der Waals surface area (Å²) in [5, 5.41) is 14.4. The van der Waals surface area contributed by atoms with E-state index >= 15 is 0 Å². The molecule has 21 heavy (non-hydrogen) atoms. The van der Waals surface area contributed by atoms with Crippen molar-refractivity contribution in [3.63, 3.8) is 0 Å². The lowest BCUT2D eigenvalue weighted by Crippen LogP contribution is -2.29. The quantitative estimate of drug-likeness (QED) is 0.726. The summed E-state index contributed by atoms with van der Waals surface area (Å²) >= 11 is 5.84. The maximum Gasteiger partial charge on any atom is 0.337 e. The molecule has 0 spiro atoms. The molecule has 6 heteroatoms. The Morgan fingerprint density at radius 1 is 1.33 bits per heavy atom. The van der Waals surface area contributed by atoms with E-state index in [9.17, 15) is 9.59 Å². The third kappa shape index (κ3) is 4.49. The number of hydrogen-bond acceptors (Lipinski definition) is 2. The highest BCUT2D eigenvalue weighted by molar-refractivity contribution is 6.33. The molecule has 0 fully saturated rings. The molecule has 5 nitrogen and oxygen atoms in total. The highest BCUT2D eigenvalue weighted by Crippen LogP contribution is 2.21. The van der Waals surface area contributed by atoms with Crippen LogP contribution in [0.1, 0.15) is 36.0 Å². The minimum atomic E-state index is -1.10. The molecule has 0 atom stereocenters. The van der Waals surface area contributed by atoms with Crippen molar-refractivity contribution < 1.29 is 14.7 Å². The second kappa shape index (κ2) is 7.13. The Balaban J connectivity index is 1.82. The van der Waals surface area contributed by atoms with Gasteiger partial charge >= 0.3 is 12.0 Å². The molecule has 0 bridgehead atoms. The van der Waals surface area contributed by atoms with E-state index < -0.39 is 5.97 Å². The molecular formula is C15H17ClN2O3. The van der Waals surface area contributed by atoms with E-state index in [-0.39, 0.29) is 16.6 Å². The minimum absolute atomic E-state index is 0.01000. The molecular weight excluding hydrogens is 292 g/mol.